The van der Waals surface area contributed by atoms with E-state index in [-0.39, 0.29) is 0 Å². The molecule has 1 aromatic heterocycles. The minimum absolute atomic E-state index is 0.582. The second-order valence-corrected chi connectivity index (χ2v) is 4.51. The van der Waals surface area contributed by atoms with Gasteiger partial charge >= 0.3 is 0 Å². The quantitative estimate of drug-likeness (QED) is 0.879. The Morgan fingerprint density at radius 3 is 2.94 bits per heavy atom. The van der Waals surface area contributed by atoms with E-state index in [9.17, 15) is 0 Å². The van der Waals surface area contributed by atoms with Crippen LogP contribution in [0.15, 0.2) is 28.8 Å². The van der Waals surface area contributed by atoms with E-state index in [4.69, 9.17) is 10.3 Å². The Kier molecular flexibility index (Phi) is 4.17. The van der Waals surface area contributed by atoms with Crippen LogP contribution in [-0.2, 0) is 12.2 Å². The molecule has 0 fully saturated rings. The molecular formula is C12H15N3OS. The summed E-state index contributed by atoms with van der Waals surface area (Å²) in [4.78, 5) is 4.37. The fourth-order valence-electron chi connectivity index (χ4n) is 1.65. The zero-order valence-corrected chi connectivity index (χ0v) is 10.5. The summed E-state index contributed by atoms with van der Waals surface area (Å²) in [7, 11) is 0. The van der Waals surface area contributed by atoms with Crippen LogP contribution in [0.5, 0.6) is 0 Å². The molecule has 2 rings (SSSR count). The Morgan fingerprint density at radius 1 is 1.35 bits per heavy atom. The van der Waals surface area contributed by atoms with E-state index >= 15 is 0 Å². The molecule has 0 unspecified atom stereocenters. The van der Waals surface area contributed by atoms with Gasteiger partial charge in [-0.3, -0.25) is 0 Å². The summed E-state index contributed by atoms with van der Waals surface area (Å²) in [5, 5.41) is 3.95. The molecule has 0 spiro atoms. The van der Waals surface area contributed by atoms with Gasteiger partial charge in [-0.05, 0) is 30.9 Å². The fourth-order valence-corrected chi connectivity index (χ4v) is 2.03. The van der Waals surface area contributed by atoms with Crippen LogP contribution in [0.25, 0.3) is 11.5 Å². The van der Waals surface area contributed by atoms with Crippen molar-refractivity contribution in [2.75, 3.05) is 12.8 Å². The number of hydrogen-bond donors (Lipinski definition) is 1. The molecule has 5 heteroatoms. The second kappa shape index (κ2) is 5.84. The van der Waals surface area contributed by atoms with E-state index in [1.165, 1.54) is 0 Å². The van der Waals surface area contributed by atoms with Gasteiger partial charge in [0.05, 0.1) is 5.75 Å². The maximum absolute atomic E-state index is 5.59. The zero-order valence-electron chi connectivity index (χ0n) is 9.72. The summed E-state index contributed by atoms with van der Waals surface area (Å²) in [6.07, 6.45) is 2.83. The number of aromatic nitrogens is 2. The first kappa shape index (κ1) is 12.1. The first-order valence-corrected chi connectivity index (χ1v) is 6.84. The number of hydrogen-bond acceptors (Lipinski definition) is 5. The standard InChI is InChI=1S/C12H15N3OS/c1-17-8-11-14-12(16-15-11)10-5-3-2-4-9(10)6-7-13/h2-5H,6-8,13H2,1H3. The van der Waals surface area contributed by atoms with Crippen LogP contribution in [0, 0.1) is 0 Å². The molecule has 0 saturated heterocycles. The van der Waals surface area contributed by atoms with E-state index in [2.05, 4.69) is 10.1 Å². The lowest BCUT2D eigenvalue weighted by atomic mass is 10.0. The van der Waals surface area contributed by atoms with Crippen molar-refractivity contribution in [1.29, 1.82) is 0 Å². The molecular weight excluding hydrogens is 234 g/mol. The summed E-state index contributed by atoms with van der Waals surface area (Å²) in [5.74, 6) is 2.08. The van der Waals surface area contributed by atoms with Gasteiger partial charge in [0.2, 0.25) is 0 Å². The molecule has 0 aliphatic heterocycles. The summed E-state index contributed by atoms with van der Waals surface area (Å²) in [5.41, 5.74) is 7.72. The van der Waals surface area contributed by atoms with Crippen molar-refractivity contribution < 1.29 is 4.52 Å². The van der Waals surface area contributed by atoms with Crippen molar-refractivity contribution in [2.45, 2.75) is 12.2 Å². The van der Waals surface area contributed by atoms with Crippen LogP contribution in [-0.4, -0.2) is 22.9 Å². The highest BCUT2D eigenvalue weighted by molar-refractivity contribution is 7.97. The molecule has 1 aromatic carbocycles. The average Bonchev–Trinajstić information content (AvgIpc) is 2.79. The molecule has 0 amide bonds. The molecule has 17 heavy (non-hydrogen) atoms. The Bertz CT molecular complexity index is 484. The van der Waals surface area contributed by atoms with Crippen molar-refractivity contribution in [3.05, 3.63) is 35.7 Å². The van der Waals surface area contributed by atoms with Crippen LogP contribution in [0.2, 0.25) is 0 Å². The SMILES string of the molecule is CSCc1noc(-c2ccccc2CCN)n1. The van der Waals surface area contributed by atoms with Crippen LogP contribution < -0.4 is 5.73 Å². The van der Waals surface area contributed by atoms with Crippen LogP contribution in [0.3, 0.4) is 0 Å². The highest BCUT2D eigenvalue weighted by atomic mass is 32.2. The molecule has 0 bridgehead atoms. The Balaban J connectivity index is 2.31. The van der Waals surface area contributed by atoms with Gasteiger partial charge < -0.3 is 10.3 Å². The first-order valence-electron chi connectivity index (χ1n) is 5.45. The molecule has 0 saturated carbocycles. The lowest BCUT2D eigenvalue weighted by molar-refractivity contribution is 0.425. The fraction of sp³-hybridized carbons (Fsp3) is 0.333. The summed E-state index contributed by atoms with van der Waals surface area (Å²) >= 11 is 1.67. The zero-order chi connectivity index (χ0) is 12.1. The number of rotatable bonds is 5. The molecule has 0 radical (unpaired) electrons. The van der Waals surface area contributed by atoms with Crippen LogP contribution in [0.4, 0.5) is 0 Å². The van der Waals surface area contributed by atoms with Gasteiger partial charge in [0.25, 0.3) is 5.89 Å². The van der Waals surface area contributed by atoms with Crippen molar-refractivity contribution in [1.82, 2.24) is 10.1 Å². The van der Waals surface area contributed by atoms with Gasteiger partial charge in [0.15, 0.2) is 5.82 Å². The van der Waals surface area contributed by atoms with Gasteiger partial charge in [0.1, 0.15) is 0 Å². The van der Waals surface area contributed by atoms with Gasteiger partial charge in [-0.25, -0.2) is 0 Å². The first-order chi connectivity index (χ1) is 8.35. The molecule has 90 valence electrons. The van der Waals surface area contributed by atoms with Crippen LogP contribution >= 0.6 is 11.8 Å². The van der Waals surface area contributed by atoms with E-state index in [0.717, 1.165) is 29.1 Å². The highest BCUT2D eigenvalue weighted by Gasteiger charge is 2.11. The highest BCUT2D eigenvalue weighted by Crippen LogP contribution is 2.22. The minimum Gasteiger partial charge on any atom is -0.334 e. The number of thioether (sulfide) groups is 1. The molecule has 4 nitrogen and oxygen atoms in total. The summed E-state index contributed by atoms with van der Waals surface area (Å²) in [6, 6.07) is 7.99. The third-order valence-corrected chi connectivity index (χ3v) is 2.95. The average molecular weight is 249 g/mol. The van der Waals surface area contributed by atoms with Gasteiger partial charge in [-0.15, -0.1) is 0 Å². The Labute approximate surface area is 105 Å². The van der Waals surface area contributed by atoms with Crippen molar-refractivity contribution in [2.24, 2.45) is 5.73 Å². The third-order valence-electron chi connectivity index (χ3n) is 2.40. The number of nitrogens with zero attached hydrogens (tertiary/aromatic N) is 2. The Hall–Kier alpha value is -1.33. The predicted molar refractivity (Wildman–Crippen MR) is 69.7 cm³/mol. The summed E-state index contributed by atoms with van der Waals surface area (Å²) < 4.78 is 5.27. The molecule has 0 aliphatic rings. The van der Waals surface area contributed by atoms with E-state index in [1.54, 1.807) is 11.8 Å². The van der Waals surface area contributed by atoms with Crippen molar-refractivity contribution in [3.63, 3.8) is 0 Å². The maximum atomic E-state index is 5.59. The monoisotopic (exact) mass is 249 g/mol. The molecule has 2 aromatic rings. The van der Waals surface area contributed by atoms with Crippen molar-refractivity contribution in [3.8, 4) is 11.5 Å². The summed E-state index contributed by atoms with van der Waals surface area (Å²) in [6.45, 7) is 0.614. The third kappa shape index (κ3) is 2.87. The lowest BCUT2D eigenvalue weighted by Crippen LogP contribution is -2.03. The smallest absolute Gasteiger partial charge is 0.258 e. The van der Waals surface area contributed by atoms with Crippen molar-refractivity contribution >= 4 is 11.8 Å². The van der Waals surface area contributed by atoms with E-state index in [1.807, 2.05) is 30.5 Å². The molecule has 0 atom stereocenters. The topological polar surface area (TPSA) is 64.9 Å². The lowest BCUT2D eigenvalue weighted by Gasteiger charge is -2.03. The predicted octanol–water partition coefficient (Wildman–Crippen LogP) is 2.10. The van der Waals surface area contributed by atoms with E-state index in [0.29, 0.717) is 12.4 Å². The Morgan fingerprint density at radius 2 is 2.18 bits per heavy atom. The van der Waals surface area contributed by atoms with Gasteiger partial charge in [0, 0.05) is 5.56 Å². The molecule has 1 heterocycles. The minimum atomic E-state index is 0.582. The van der Waals surface area contributed by atoms with Gasteiger partial charge in [-0.1, -0.05) is 23.4 Å². The molecule has 2 N–H and O–H groups in total. The van der Waals surface area contributed by atoms with Crippen LogP contribution in [0.1, 0.15) is 11.4 Å². The maximum Gasteiger partial charge on any atom is 0.258 e. The number of benzene rings is 1. The van der Waals surface area contributed by atoms with Gasteiger partial charge in [-0.2, -0.15) is 16.7 Å². The molecule has 0 aliphatic carbocycles. The van der Waals surface area contributed by atoms with E-state index < -0.39 is 0 Å². The largest absolute Gasteiger partial charge is 0.334 e. The number of nitrogens with two attached hydrogens (primary N) is 1. The normalized spacial score (nSPS) is 10.7. The second-order valence-electron chi connectivity index (χ2n) is 3.64.